The summed E-state index contributed by atoms with van der Waals surface area (Å²) in [6.07, 6.45) is 1.27. The third kappa shape index (κ3) is 3.02. The Hall–Kier alpha value is -3.96. The number of nitrogens with two attached hydrogens (primary N) is 1. The number of amides is 1. The van der Waals surface area contributed by atoms with Crippen molar-refractivity contribution in [2.45, 2.75) is 6.92 Å². The summed E-state index contributed by atoms with van der Waals surface area (Å²) in [5.74, 6) is -0.447. The summed E-state index contributed by atoms with van der Waals surface area (Å²) in [6, 6.07) is 4.87. The predicted molar refractivity (Wildman–Crippen MR) is 88.1 cm³/mol. The van der Waals surface area contributed by atoms with Crippen molar-refractivity contribution in [2.24, 2.45) is 5.10 Å². The van der Waals surface area contributed by atoms with E-state index in [0.29, 0.717) is 11.3 Å². The van der Waals surface area contributed by atoms with Crippen molar-refractivity contribution < 1.29 is 19.3 Å². The lowest BCUT2D eigenvalue weighted by Crippen LogP contribution is -2.22. The topological polar surface area (TPSA) is 167 Å². The lowest BCUT2D eigenvalue weighted by atomic mass is 10.2. The minimum atomic E-state index is -0.617. The second-order valence-corrected chi connectivity index (χ2v) is 5.01. The molecule has 0 aliphatic carbocycles. The molecule has 2 heterocycles. The van der Waals surface area contributed by atoms with Gasteiger partial charge in [-0.05, 0) is 29.4 Å². The molecular weight excluding hydrogens is 344 g/mol. The Morgan fingerprint density at radius 2 is 2.27 bits per heavy atom. The lowest BCUT2D eigenvalue weighted by molar-refractivity contribution is 0.0946. The van der Waals surface area contributed by atoms with Gasteiger partial charge in [0, 0.05) is 5.56 Å². The zero-order valence-corrected chi connectivity index (χ0v) is 13.7. The van der Waals surface area contributed by atoms with E-state index in [-0.39, 0.29) is 28.8 Å². The maximum atomic E-state index is 12.4. The quantitative estimate of drug-likeness (QED) is 0.420. The fourth-order valence-corrected chi connectivity index (χ4v) is 2.13. The molecule has 0 radical (unpaired) electrons. The van der Waals surface area contributed by atoms with Gasteiger partial charge in [-0.25, -0.2) is 10.1 Å². The van der Waals surface area contributed by atoms with Crippen molar-refractivity contribution in [2.75, 3.05) is 12.8 Å². The van der Waals surface area contributed by atoms with Gasteiger partial charge >= 0.3 is 0 Å². The first-order valence-electron chi connectivity index (χ1n) is 7.23. The number of hydrogen-bond donors (Lipinski definition) is 3. The number of carbonyl (C=O) groups is 1. The van der Waals surface area contributed by atoms with E-state index in [9.17, 15) is 9.90 Å². The zero-order valence-electron chi connectivity index (χ0n) is 13.7. The van der Waals surface area contributed by atoms with Gasteiger partial charge < -0.3 is 15.6 Å². The predicted octanol–water partition coefficient (Wildman–Crippen LogP) is 0.0190. The van der Waals surface area contributed by atoms with Crippen LogP contribution in [0, 0.1) is 6.92 Å². The minimum Gasteiger partial charge on any atom is -0.504 e. The molecule has 3 aromatic rings. The van der Waals surface area contributed by atoms with Crippen LogP contribution in [-0.4, -0.2) is 49.6 Å². The lowest BCUT2D eigenvalue weighted by Gasteiger charge is -2.05. The molecule has 2 aromatic heterocycles. The molecule has 0 saturated carbocycles. The fourth-order valence-electron chi connectivity index (χ4n) is 2.13. The van der Waals surface area contributed by atoms with Crippen molar-refractivity contribution in [3.8, 4) is 17.3 Å². The summed E-state index contributed by atoms with van der Waals surface area (Å²) >= 11 is 0. The van der Waals surface area contributed by atoms with Crippen LogP contribution in [0.3, 0.4) is 0 Å². The highest BCUT2D eigenvalue weighted by atomic mass is 16.6. The van der Waals surface area contributed by atoms with Crippen molar-refractivity contribution in [3.05, 3.63) is 35.2 Å². The fraction of sp³-hybridized carbons (Fsp3) is 0.143. The minimum absolute atomic E-state index is 0.0326. The van der Waals surface area contributed by atoms with Gasteiger partial charge in [-0.2, -0.15) is 9.78 Å². The van der Waals surface area contributed by atoms with Crippen LogP contribution >= 0.6 is 0 Å². The molecule has 0 fully saturated rings. The van der Waals surface area contributed by atoms with E-state index >= 15 is 0 Å². The standard InChI is InChI=1S/C14H14N8O4/c1-7-10(22(21-17-7)13-12(15)19-26-20-13)14(24)18-16-6-8-4-3-5-9(25-2)11(8)23/h3-6,23H,1-2H3,(H2,15,19)(H,18,24). The Bertz CT molecular complexity index is 977. The molecule has 134 valence electrons. The first kappa shape index (κ1) is 16.9. The summed E-state index contributed by atoms with van der Waals surface area (Å²) in [5.41, 5.74) is 8.67. The number of anilines is 1. The number of ether oxygens (including phenoxy) is 1. The highest BCUT2D eigenvalue weighted by molar-refractivity contribution is 5.95. The molecule has 1 amide bonds. The van der Waals surface area contributed by atoms with E-state index in [1.807, 2.05) is 0 Å². The molecule has 0 unspecified atom stereocenters. The van der Waals surface area contributed by atoms with Crippen LogP contribution < -0.4 is 15.9 Å². The number of phenols is 1. The van der Waals surface area contributed by atoms with Crippen molar-refractivity contribution in [3.63, 3.8) is 0 Å². The Labute approximate surface area is 146 Å². The number of nitrogen functional groups attached to an aromatic ring is 1. The molecule has 0 bridgehead atoms. The maximum Gasteiger partial charge on any atom is 0.292 e. The third-order valence-electron chi connectivity index (χ3n) is 3.37. The molecule has 0 aliphatic heterocycles. The number of rotatable bonds is 5. The number of benzene rings is 1. The average molecular weight is 358 g/mol. The van der Waals surface area contributed by atoms with Gasteiger partial charge in [0.1, 0.15) is 0 Å². The monoisotopic (exact) mass is 358 g/mol. The Morgan fingerprint density at radius 1 is 1.46 bits per heavy atom. The number of para-hydroxylation sites is 1. The van der Waals surface area contributed by atoms with Crippen LogP contribution in [0.15, 0.2) is 27.9 Å². The van der Waals surface area contributed by atoms with Gasteiger partial charge in [-0.1, -0.05) is 11.3 Å². The molecule has 1 aromatic carbocycles. The zero-order chi connectivity index (χ0) is 18.7. The molecule has 26 heavy (non-hydrogen) atoms. The maximum absolute atomic E-state index is 12.4. The van der Waals surface area contributed by atoms with Gasteiger partial charge in [0.15, 0.2) is 17.2 Å². The van der Waals surface area contributed by atoms with Gasteiger partial charge in [-0.3, -0.25) is 4.79 Å². The summed E-state index contributed by atoms with van der Waals surface area (Å²) in [4.78, 5) is 12.4. The largest absolute Gasteiger partial charge is 0.504 e. The van der Waals surface area contributed by atoms with E-state index < -0.39 is 5.91 Å². The van der Waals surface area contributed by atoms with E-state index in [2.05, 4.69) is 35.8 Å². The molecule has 0 saturated heterocycles. The second kappa shape index (κ2) is 6.88. The molecule has 0 aliphatic rings. The number of aryl methyl sites for hydroxylation is 1. The van der Waals surface area contributed by atoms with Crippen LogP contribution in [-0.2, 0) is 0 Å². The van der Waals surface area contributed by atoms with E-state index in [0.717, 1.165) is 4.68 Å². The van der Waals surface area contributed by atoms with Gasteiger partial charge in [0.05, 0.1) is 19.0 Å². The number of nitrogens with one attached hydrogen (secondary N) is 1. The number of hydrazone groups is 1. The van der Waals surface area contributed by atoms with Crippen LogP contribution in [0.1, 0.15) is 21.7 Å². The van der Waals surface area contributed by atoms with Gasteiger partial charge in [0.25, 0.3) is 5.91 Å². The van der Waals surface area contributed by atoms with Crippen LogP contribution in [0.25, 0.3) is 5.82 Å². The van der Waals surface area contributed by atoms with Crippen molar-refractivity contribution in [1.29, 1.82) is 0 Å². The molecule has 12 nitrogen and oxygen atoms in total. The highest BCUT2D eigenvalue weighted by Gasteiger charge is 2.22. The molecule has 0 spiro atoms. The van der Waals surface area contributed by atoms with Gasteiger partial charge in [-0.15, -0.1) is 5.10 Å². The van der Waals surface area contributed by atoms with E-state index in [1.54, 1.807) is 25.1 Å². The first-order chi connectivity index (χ1) is 12.5. The number of nitrogens with zero attached hydrogens (tertiary/aromatic N) is 6. The first-order valence-corrected chi connectivity index (χ1v) is 7.23. The Morgan fingerprint density at radius 3 is 2.96 bits per heavy atom. The average Bonchev–Trinajstić information content (AvgIpc) is 3.21. The number of aromatic nitrogens is 5. The summed E-state index contributed by atoms with van der Waals surface area (Å²) in [7, 11) is 1.43. The van der Waals surface area contributed by atoms with Crippen LogP contribution in [0.4, 0.5) is 5.82 Å². The van der Waals surface area contributed by atoms with Crippen molar-refractivity contribution in [1.82, 2.24) is 30.7 Å². The van der Waals surface area contributed by atoms with Crippen LogP contribution in [0.5, 0.6) is 11.5 Å². The molecular formula is C14H14N8O4. The third-order valence-corrected chi connectivity index (χ3v) is 3.37. The molecule has 12 heteroatoms. The normalized spacial score (nSPS) is 11.0. The smallest absolute Gasteiger partial charge is 0.292 e. The second-order valence-electron chi connectivity index (χ2n) is 5.01. The summed E-state index contributed by atoms with van der Waals surface area (Å²) in [5, 5.41) is 28.4. The van der Waals surface area contributed by atoms with E-state index in [4.69, 9.17) is 10.5 Å². The Balaban J connectivity index is 1.82. The highest BCUT2D eigenvalue weighted by Crippen LogP contribution is 2.27. The summed E-state index contributed by atoms with van der Waals surface area (Å²) < 4.78 is 10.6. The molecule has 0 atom stereocenters. The Kier molecular flexibility index (Phi) is 4.47. The van der Waals surface area contributed by atoms with E-state index in [1.165, 1.54) is 13.3 Å². The van der Waals surface area contributed by atoms with Crippen molar-refractivity contribution >= 4 is 17.9 Å². The van der Waals surface area contributed by atoms with Gasteiger partial charge in [0.2, 0.25) is 11.6 Å². The number of hydrogen-bond acceptors (Lipinski definition) is 10. The number of aromatic hydroxyl groups is 1. The number of phenolic OH excluding ortho intramolecular Hbond substituents is 1. The summed E-state index contributed by atoms with van der Waals surface area (Å²) in [6.45, 7) is 1.58. The molecule has 3 rings (SSSR count). The SMILES string of the molecule is COc1cccc(C=NNC(=O)c2c(C)nnn2-c2nonc2N)c1O. The number of methoxy groups -OCH3 is 1. The molecule has 4 N–H and O–H groups in total. The number of carbonyl (C=O) groups excluding carboxylic acids is 1. The van der Waals surface area contributed by atoms with Crippen LogP contribution in [0.2, 0.25) is 0 Å².